The lowest BCUT2D eigenvalue weighted by Gasteiger charge is -2.26. The van der Waals surface area contributed by atoms with Gasteiger partial charge in [-0.1, -0.05) is 36.9 Å². The van der Waals surface area contributed by atoms with E-state index in [9.17, 15) is 10.1 Å². The molecule has 0 aliphatic heterocycles. The number of carbonyl (C=O) groups excluding carboxylic acids is 1. The van der Waals surface area contributed by atoms with E-state index in [0.717, 1.165) is 31.2 Å². The number of nitrogens with zero attached hydrogens (tertiary/aromatic N) is 1. The fourth-order valence-electron chi connectivity index (χ4n) is 2.78. The summed E-state index contributed by atoms with van der Waals surface area (Å²) in [6.07, 6.45) is 5.57. The van der Waals surface area contributed by atoms with Crippen molar-refractivity contribution in [2.24, 2.45) is 5.92 Å². The molecule has 0 radical (unpaired) electrons. The molecule has 1 N–H and O–H groups in total. The second kappa shape index (κ2) is 6.76. The van der Waals surface area contributed by atoms with Crippen molar-refractivity contribution >= 4 is 17.5 Å². The molecule has 1 aromatic rings. The molecule has 0 saturated heterocycles. The second-order valence-electron chi connectivity index (χ2n) is 5.44. The largest absolute Gasteiger partial charge is 0.336 e. The van der Waals surface area contributed by atoms with Crippen molar-refractivity contribution in [3.63, 3.8) is 0 Å². The van der Waals surface area contributed by atoms with Crippen LogP contribution in [0.3, 0.4) is 0 Å². The zero-order valence-electron chi connectivity index (χ0n) is 11.7. The molecule has 20 heavy (non-hydrogen) atoms. The van der Waals surface area contributed by atoms with E-state index in [2.05, 4.69) is 11.4 Å². The average Bonchev–Trinajstić information content (AvgIpc) is 2.48. The van der Waals surface area contributed by atoms with Crippen LogP contribution in [0.4, 0.5) is 0 Å². The number of rotatable bonds is 3. The molecule has 1 fully saturated rings. The van der Waals surface area contributed by atoms with Crippen LogP contribution in [0, 0.1) is 24.2 Å². The third kappa shape index (κ3) is 3.52. The van der Waals surface area contributed by atoms with Crippen molar-refractivity contribution < 1.29 is 4.79 Å². The topological polar surface area (TPSA) is 52.9 Å². The van der Waals surface area contributed by atoms with Gasteiger partial charge < -0.3 is 5.32 Å². The van der Waals surface area contributed by atoms with E-state index in [1.165, 1.54) is 6.42 Å². The summed E-state index contributed by atoms with van der Waals surface area (Å²) in [6, 6.07) is 7.07. The van der Waals surface area contributed by atoms with Crippen LogP contribution in [-0.4, -0.2) is 11.9 Å². The van der Waals surface area contributed by atoms with Gasteiger partial charge in [0.15, 0.2) is 0 Å². The molecule has 2 rings (SSSR count). The van der Waals surface area contributed by atoms with Crippen LogP contribution in [0.2, 0.25) is 5.02 Å². The molecule has 1 aromatic carbocycles. The van der Waals surface area contributed by atoms with E-state index in [4.69, 9.17) is 11.6 Å². The Bertz CT molecular complexity index is 530. The van der Waals surface area contributed by atoms with Crippen LogP contribution < -0.4 is 5.32 Å². The maximum absolute atomic E-state index is 12.3. The van der Waals surface area contributed by atoms with Gasteiger partial charge in [-0.25, -0.2) is 0 Å². The van der Waals surface area contributed by atoms with Crippen LogP contribution in [0.15, 0.2) is 18.2 Å². The van der Waals surface area contributed by atoms with E-state index in [1.54, 1.807) is 12.1 Å². The van der Waals surface area contributed by atoms with Crippen molar-refractivity contribution in [3.8, 4) is 6.07 Å². The zero-order chi connectivity index (χ0) is 14.5. The average molecular weight is 291 g/mol. The van der Waals surface area contributed by atoms with Crippen LogP contribution in [0.25, 0.3) is 0 Å². The highest BCUT2D eigenvalue weighted by Crippen LogP contribution is 2.26. The fourth-order valence-corrected chi connectivity index (χ4v) is 2.95. The Kier molecular flexibility index (Phi) is 5.03. The molecule has 0 bridgehead atoms. The maximum atomic E-state index is 12.3. The molecule has 0 spiro atoms. The molecule has 1 aliphatic carbocycles. The molecular weight excluding hydrogens is 272 g/mol. The Labute approximate surface area is 124 Å². The summed E-state index contributed by atoms with van der Waals surface area (Å²) in [5.74, 6) is 0.0688. The van der Waals surface area contributed by atoms with Gasteiger partial charge in [-0.3, -0.25) is 4.79 Å². The lowest BCUT2D eigenvalue weighted by Crippen LogP contribution is -2.40. The van der Waals surface area contributed by atoms with Crippen molar-refractivity contribution in [1.29, 1.82) is 5.26 Å². The van der Waals surface area contributed by atoms with Gasteiger partial charge in [0.2, 0.25) is 0 Å². The molecular formula is C16H19ClN2O. The van der Waals surface area contributed by atoms with Gasteiger partial charge in [-0.15, -0.1) is 0 Å². The van der Waals surface area contributed by atoms with Crippen LogP contribution >= 0.6 is 11.6 Å². The predicted molar refractivity (Wildman–Crippen MR) is 79.6 cm³/mol. The summed E-state index contributed by atoms with van der Waals surface area (Å²) in [5, 5.41) is 12.7. The van der Waals surface area contributed by atoms with Crippen LogP contribution in [0.1, 0.15) is 48.0 Å². The number of aryl methyl sites for hydroxylation is 1. The summed E-state index contributed by atoms with van der Waals surface area (Å²) in [7, 11) is 0. The van der Waals surface area contributed by atoms with E-state index in [1.807, 2.05) is 13.0 Å². The molecule has 0 heterocycles. The van der Waals surface area contributed by atoms with Gasteiger partial charge in [0, 0.05) is 10.6 Å². The number of benzene rings is 1. The van der Waals surface area contributed by atoms with E-state index in [-0.39, 0.29) is 11.8 Å². The Morgan fingerprint density at radius 1 is 1.40 bits per heavy atom. The Balaban J connectivity index is 2.09. The van der Waals surface area contributed by atoms with Gasteiger partial charge in [-0.2, -0.15) is 5.26 Å². The number of nitriles is 1. The fraction of sp³-hybridized carbons (Fsp3) is 0.500. The highest BCUT2D eigenvalue weighted by atomic mass is 35.5. The number of hydrogen-bond acceptors (Lipinski definition) is 2. The van der Waals surface area contributed by atoms with E-state index >= 15 is 0 Å². The SMILES string of the molecule is Cc1ccc(Cl)cc1C(=O)NC(C#N)C1CCCCC1. The third-order valence-electron chi connectivity index (χ3n) is 3.99. The standard InChI is InChI=1S/C16H19ClN2O/c1-11-7-8-13(17)9-14(11)16(20)19-15(10-18)12-5-3-2-4-6-12/h7-9,12,15H,2-6H2,1H3,(H,19,20). The van der Waals surface area contributed by atoms with Crippen LogP contribution in [0.5, 0.6) is 0 Å². The molecule has 1 aliphatic rings. The third-order valence-corrected chi connectivity index (χ3v) is 4.23. The summed E-state index contributed by atoms with van der Waals surface area (Å²) >= 11 is 5.94. The molecule has 3 nitrogen and oxygen atoms in total. The molecule has 1 unspecified atom stereocenters. The molecule has 106 valence electrons. The highest BCUT2D eigenvalue weighted by Gasteiger charge is 2.25. The van der Waals surface area contributed by atoms with Crippen molar-refractivity contribution in [3.05, 3.63) is 34.3 Å². The summed E-state index contributed by atoms with van der Waals surface area (Å²) in [6.45, 7) is 1.87. The normalized spacial score (nSPS) is 17.2. The van der Waals surface area contributed by atoms with Crippen molar-refractivity contribution in [2.75, 3.05) is 0 Å². The molecule has 4 heteroatoms. The van der Waals surface area contributed by atoms with Gasteiger partial charge in [0.05, 0.1) is 6.07 Å². The number of carbonyl (C=O) groups is 1. The number of nitrogens with one attached hydrogen (secondary N) is 1. The molecule has 1 saturated carbocycles. The quantitative estimate of drug-likeness (QED) is 0.919. The van der Waals surface area contributed by atoms with Crippen molar-refractivity contribution in [2.45, 2.75) is 45.1 Å². The summed E-state index contributed by atoms with van der Waals surface area (Å²) in [5.41, 5.74) is 1.42. The smallest absolute Gasteiger partial charge is 0.252 e. The minimum Gasteiger partial charge on any atom is -0.336 e. The van der Waals surface area contributed by atoms with Gasteiger partial charge in [0.25, 0.3) is 5.91 Å². The summed E-state index contributed by atoms with van der Waals surface area (Å²) in [4.78, 5) is 12.3. The highest BCUT2D eigenvalue weighted by molar-refractivity contribution is 6.31. The van der Waals surface area contributed by atoms with Gasteiger partial charge >= 0.3 is 0 Å². The molecule has 1 atom stereocenters. The first-order chi connectivity index (χ1) is 9.61. The Hall–Kier alpha value is -1.53. The number of halogens is 1. The first-order valence-corrected chi connectivity index (χ1v) is 7.46. The predicted octanol–water partition coefficient (Wildman–Crippen LogP) is 3.85. The van der Waals surface area contributed by atoms with Crippen LogP contribution in [-0.2, 0) is 0 Å². The molecule has 1 amide bonds. The Morgan fingerprint density at radius 2 is 2.10 bits per heavy atom. The van der Waals surface area contributed by atoms with E-state index < -0.39 is 6.04 Å². The minimum absolute atomic E-state index is 0.206. The lowest BCUT2D eigenvalue weighted by molar-refractivity contribution is 0.0928. The first-order valence-electron chi connectivity index (χ1n) is 7.08. The van der Waals surface area contributed by atoms with Gasteiger partial charge in [-0.05, 0) is 43.4 Å². The molecule has 0 aromatic heterocycles. The van der Waals surface area contributed by atoms with Gasteiger partial charge in [0.1, 0.15) is 6.04 Å². The lowest BCUT2D eigenvalue weighted by atomic mass is 9.84. The number of amides is 1. The van der Waals surface area contributed by atoms with E-state index in [0.29, 0.717) is 10.6 Å². The minimum atomic E-state index is -0.402. The monoisotopic (exact) mass is 290 g/mol. The zero-order valence-corrected chi connectivity index (χ0v) is 12.4. The maximum Gasteiger partial charge on any atom is 0.252 e. The first kappa shape index (κ1) is 14.9. The Morgan fingerprint density at radius 3 is 2.75 bits per heavy atom. The summed E-state index contributed by atoms with van der Waals surface area (Å²) < 4.78 is 0. The number of hydrogen-bond donors (Lipinski definition) is 1. The van der Waals surface area contributed by atoms with Crippen molar-refractivity contribution in [1.82, 2.24) is 5.32 Å². The second-order valence-corrected chi connectivity index (χ2v) is 5.87.